The lowest BCUT2D eigenvalue weighted by atomic mass is 9.87. The molecule has 0 saturated heterocycles. The number of amides is 1. The van der Waals surface area contributed by atoms with Crippen molar-refractivity contribution in [2.24, 2.45) is 0 Å². The Morgan fingerprint density at radius 2 is 1.45 bits per heavy atom. The number of benzene rings is 3. The van der Waals surface area contributed by atoms with Gasteiger partial charge in [-0.25, -0.2) is 0 Å². The molecule has 0 aliphatic carbocycles. The van der Waals surface area contributed by atoms with Crippen molar-refractivity contribution in [2.45, 2.75) is 25.4 Å². The van der Waals surface area contributed by atoms with Crippen LogP contribution in [0, 0.1) is 0 Å². The minimum Gasteiger partial charge on any atom is -0.496 e. The highest BCUT2D eigenvalue weighted by atomic mass is 16.5. The van der Waals surface area contributed by atoms with Gasteiger partial charge in [0.2, 0.25) is 11.7 Å². The van der Waals surface area contributed by atoms with E-state index in [2.05, 4.69) is 10.2 Å². The van der Waals surface area contributed by atoms with Crippen molar-refractivity contribution in [2.75, 3.05) is 55.7 Å². The number of nitrogens with zero attached hydrogens (tertiary/aromatic N) is 1. The Labute approximate surface area is 235 Å². The van der Waals surface area contributed by atoms with Gasteiger partial charge in [-0.15, -0.1) is 0 Å². The van der Waals surface area contributed by atoms with Crippen LogP contribution in [-0.2, 0) is 24.2 Å². The average molecular weight is 551 g/mol. The molecular weight excluding hydrogens is 512 g/mol. The Morgan fingerprint density at radius 3 is 2.12 bits per heavy atom. The second kappa shape index (κ2) is 13.3. The standard InChI is InChI=1S/C31H38N2O7/c1-35-25-10-8-7-9-22(25)18-32-29(34)19-33-14-13-20-16-27(37-3)28(38-4)17-23(20)24(33)15-21-11-12-26(36-2)31(40-6)30(21)39-5/h7-12,16-17,24H,13-15,18-19H2,1-6H3,(H,32,34). The fourth-order valence-corrected chi connectivity index (χ4v) is 5.32. The van der Waals surface area contributed by atoms with Crippen molar-refractivity contribution in [3.8, 4) is 34.5 Å². The van der Waals surface area contributed by atoms with Crippen molar-refractivity contribution in [3.05, 3.63) is 70.8 Å². The summed E-state index contributed by atoms with van der Waals surface area (Å²) in [6.45, 7) is 1.31. The molecule has 0 radical (unpaired) electrons. The van der Waals surface area contributed by atoms with Gasteiger partial charge in [-0.3, -0.25) is 9.69 Å². The summed E-state index contributed by atoms with van der Waals surface area (Å²) in [5.74, 6) is 3.74. The SMILES string of the molecule is COc1ccccc1CNC(=O)CN1CCc2cc(OC)c(OC)cc2C1Cc1ccc(OC)c(OC)c1OC. The number of carbonyl (C=O) groups excluding carboxylic acids is 1. The number of carbonyl (C=O) groups is 1. The van der Waals surface area contributed by atoms with Crippen LogP contribution < -0.4 is 33.7 Å². The molecule has 0 aromatic heterocycles. The lowest BCUT2D eigenvalue weighted by Crippen LogP contribution is -2.43. The van der Waals surface area contributed by atoms with Crippen LogP contribution in [0.25, 0.3) is 0 Å². The van der Waals surface area contributed by atoms with Crippen LogP contribution in [-0.4, -0.2) is 66.6 Å². The fourth-order valence-electron chi connectivity index (χ4n) is 5.32. The molecule has 214 valence electrons. The predicted octanol–water partition coefficient (Wildman–Crippen LogP) is 4.20. The van der Waals surface area contributed by atoms with Crippen molar-refractivity contribution in [3.63, 3.8) is 0 Å². The molecule has 1 unspecified atom stereocenters. The van der Waals surface area contributed by atoms with Gasteiger partial charge in [0.05, 0.1) is 49.2 Å². The van der Waals surface area contributed by atoms with Crippen LogP contribution in [0.3, 0.4) is 0 Å². The van der Waals surface area contributed by atoms with Gasteiger partial charge >= 0.3 is 0 Å². The lowest BCUT2D eigenvalue weighted by Gasteiger charge is -2.38. The predicted molar refractivity (Wildman–Crippen MR) is 152 cm³/mol. The first-order valence-electron chi connectivity index (χ1n) is 13.1. The number of ether oxygens (including phenoxy) is 6. The summed E-state index contributed by atoms with van der Waals surface area (Å²) in [4.78, 5) is 15.4. The van der Waals surface area contributed by atoms with Crippen molar-refractivity contribution >= 4 is 5.91 Å². The van der Waals surface area contributed by atoms with Crippen LogP contribution in [0.5, 0.6) is 34.5 Å². The smallest absolute Gasteiger partial charge is 0.234 e. The molecule has 3 aromatic rings. The van der Waals surface area contributed by atoms with Crippen LogP contribution in [0.4, 0.5) is 0 Å². The third kappa shape index (κ3) is 6.04. The van der Waals surface area contributed by atoms with Gasteiger partial charge < -0.3 is 33.7 Å². The molecule has 3 aromatic carbocycles. The Kier molecular flexibility index (Phi) is 9.60. The highest BCUT2D eigenvalue weighted by molar-refractivity contribution is 5.78. The van der Waals surface area contributed by atoms with Gasteiger partial charge in [0, 0.05) is 30.3 Å². The molecule has 4 rings (SSSR count). The molecule has 0 saturated carbocycles. The molecule has 1 amide bonds. The quantitative estimate of drug-likeness (QED) is 0.359. The van der Waals surface area contributed by atoms with Crippen LogP contribution in [0.1, 0.15) is 28.3 Å². The van der Waals surface area contributed by atoms with E-state index in [0.717, 1.165) is 34.4 Å². The number of nitrogens with one attached hydrogen (secondary N) is 1. The summed E-state index contributed by atoms with van der Waals surface area (Å²) in [6.07, 6.45) is 1.35. The molecule has 0 spiro atoms. The third-order valence-corrected chi connectivity index (χ3v) is 7.33. The van der Waals surface area contributed by atoms with E-state index >= 15 is 0 Å². The van der Waals surface area contributed by atoms with E-state index < -0.39 is 0 Å². The minimum absolute atomic E-state index is 0.0703. The summed E-state index contributed by atoms with van der Waals surface area (Å²) in [7, 11) is 9.70. The summed E-state index contributed by atoms with van der Waals surface area (Å²) >= 11 is 0. The maximum absolute atomic E-state index is 13.2. The fraction of sp³-hybridized carbons (Fsp3) is 0.387. The molecule has 1 aliphatic rings. The van der Waals surface area contributed by atoms with Gasteiger partial charge in [0.25, 0.3) is 0 Å². The summed E-state index contributed by atoms with van der Waals surface area (Å²) in [6, 6.07) is 15.4. The highest BCUT2D eigenvalue weighted by Gasteiger charge is 2.32. The molecule has 0 fully saturated rings. The zero-order chi connectivity index (χ0) is 28.6. The van der Waals surface area contributed by atoms with Crippen LogP contribution >= 0.6 is 0 Å². The van der Waals surface area contributed by atoms with E-state index in [4.69, 9.17) is 28.4 Å². The van der Waals surface area contributed by atoms with Crippen molar-refractivity contribution in [1.82, 2.24) is 10.2 Å². The van der Waals surface area contributed by atoms with E-state index in [-0.39, 0.29) is 18.5 Å². The topological polar surface area (TPSA) is 87.7 Å². The maximum Gasteiger partial charge on any atom is 0.234 e. The van der Waals surface area contributed by atoms with E-state index in [1.807, 2.05) is 48.5 Å². The number of hydrogen-bond acceptors (Lipinski definition) is 8. The van der Waals surface area contributed by atoms with Gasteiger partial charge in [-0.05, 0) is 48.2 Å². The Morgan fingerprint density at radius 1 is 0.775 bits per heavy atom. The average Bonchev–Trinajstić information content (AvgIpc) is 2.99. The number of para-hydroxylation sites is 1. The largest absolute Gasteiger partial charge is 0.496 e. The van der Waals surface area contributed by atoms with Crippen molar-refractivity contribution in [1.29, 1.82) is 0 Å². The van der Waals surface area contributed by atoms with E-state index in [1.165, 1.54) is 0 Å². The number of fused-ring (bicyclic) bond motifs is 1. The first kappa shape index (κ1) is 28.9. The second-order valence-electron chi connectivity index (χ2n) is 9.43. The van der Waals surface area contributed by atoms with Crippen LogP contribution in [0.2, 0.25) is 0 Å². The summed E-state index contributed by atoms with van der Waals surface area (Å²) in [5.41, 5.74) is 4.10. The lowest BCUT2D eigenvalue weighted by molar-refractivity contribution is -0.123. The van der Waals surface area contributed by atoms with Crippen molar-refractivity contribution < 1.29 is 33.2 Å². The van der Waals surface area contributed by atoms with Gasteiger partial charge in [0.15, 0.2) is 23.0 Å². The van der Waals surface area contributed by atoms with Crippen LogP contribution in [0.15, 0.2) is 48.5 Å². The zero-order valence-corrected chi connectivity index (χ0v) is 24.0. The first-order chi connectivity index (χ1) is 19.5. The molecule has 1 atom stereocenters. The summed E-state index contributed by atoms with van der Waals surface area (Å²) < 4.78 is 33.5. The second-order valence-corrected chi connectivity index (χ2v) is 9.43. The Bertz CT molecular complexity index is 1330. The monoisotopic (exact) mass is 550 g/mol. The minimum atomic E-state index is -0.132. The Hall–Kier alpha value is -4.11. The molecule has 1 N–H and O–H groups in total. The van der Waals surface area contributed by atoms with Gasteiger partial charge in [0.1, 0.15) is 5.75 Å². The third-order valence-electron chi connectivity index (χ3n) is 7.33. The number of rotatable bonds is 12. The number of hydrogen-bond donors (Lipinski definition) is 1. The first-order valence-corrected chi connectivity index (χ1v) is 13.1. The maximum atomic E-state index is 13.2. The molecular formula is C31H38N2O7. The number of methoxy groups -OCH3 is 6. The summed E-state index contributed by atoms with van der Waals surface area (Å²) in [5, 5.41) is 3.06. The molecule has 9 nitrogen and oxygen atoms in total. The van der Waals surface area contributed by atoms with E-state index in [1.54, 1.807) is 42.7 Å². The van der Waals surface area contributed by atoms with Gasteiger partial charge in [-0.2, -0.15) is 0 Å². The Balaban J connectivity index is 1.66. The van der Waals surface area contributed by atoms with E-state index in [0.29, 0.717) is 48.3 Å². The highest BCUT2D eigenvalue weighted by Crippen LogP contribution is 2.44. The van der Waals surface area contributed by atoms with Gasteiger partial charge in [-0.1, -0.05) is 24.3 Å². The normalized spacial score (nSPS) is 14.6. The molecule has 9 heteroatoms. The molecule has 1 heterocycles. The molecule has 0 bridgehead atoms. The molecule has 40 heavy (non-hydrogen) atoms. The zero-order valence-electron chi connectivity index (χ0n) is 24.0. The molecule has 1 aliphatic heterocycles. The van der Waals surface area contributed by atoms with E-state index in [9.17, 15) is 4.79 Å².